The summed E-state index contributed by atoms with van der Waals surface area (Å²) in [5.41, 5.74) is 2.33. The van der Waals surface area contributed by atoms with Gasteiger partial charge in [0.15, 0.2) is 0 Å². The smallest absolute Gasteiger partial charge is 0.246 e. The van der Waals surface area contributed by atoms with Crippen molar-refractivity contribution in [3.05, 3.63) is 41.6 Å². The van der Waals surface area contributed by atoms with E-state index in [-0.39, 0.29) is 5.91 Å². The molecule has 74 valence electrons. The average Bonchev–Trinajstić information content (AvgIpc) is 2.65. The fourth-order valence-corrected chi connectivity index (χ4v) is 1.34. The molecule has 1 aliphatic rings. The van der Waals surface area contributed by atoms with Crippen LogP contribution < -0.4 is 10.6 Å². The maximum absolute atomic E-state index is 10.9. The first-order chi connectivity index (χ1) is 7.28. The van der Waals surface area contributed by atoms with E-state index in [4.69, 9.17) is 5.26 Å². The van der Waals surface area contributed by atoms with Crippen LogP contribution in [-0.2, 0) is 4.79 Å². The summed E-state index contributed by atoms with van der Waals surface area (Å²) in [6.07, 6.45) is 1.53. The molecule has 1 aromatic rings. The van der Waals surface area contributed by atoms with Gasteiger partial charge < -0.3 is 10.6 Å². The first kappa shape index (κ1) is 9.28. The van der Waals surface area contributed by atoms with Gasteiger partial charge in [0.1, 0.15) is 0 Å². The number of carbonyl (C=O) groups is 1. The zero-order valence-corrected chi connectivity index (χ0v) is 7.95. The highest BCUT2D eigenvalue weighted by molar-refractivity contribution is 5.91. The second kappa shape index (κ2) is 3.84. The highest BCUT2D eigenvalue weighted by atomic mass is 16.1. The Kier molecular flexibility index (Phi) is 2.38. The van der Waals surface area contributed by atoms with Crippen molar-refractivity contribution in [3.8, 4) is 6.07 Å². The van der Waals surface area contributed by atoms with Crippen molar-refractivity contribution >= 4 is 11.6 Å². The van der Waals surface area contributed by atoms with Crippen molar-refractivity contribution in [2.24, 2.45) is 0 Å². The van der Waals surface area contributed by atoms with Gasteiger partial charge in [0.05, 0.1) is 18.2 Å². The first-order valence-corrected chi connectivity index (χ1v) is 4.53. The molecule has 0 saturated heterocycles. The Labute approximate surface area is 87.2 Å². The van der Waals surface area contributed by atoms with Crippen LogP contribution in [0.15, 0.2) is 36.0 Å². The fraction of sp³-hybridized carbons (Fsp3) is 0.0909. The van der Waals surface area contributed by atoms with E-state index >= 15 is 0 Å². The monoisotopic (exact) mass is 199 g/mol. The van der Waals surface area contributed by atoms with Gasteiger partial charge in [-0.05, 0) is 24.3 Å². The predicted molar refractivity (Wildman–Crippen MR) is 55.9 cm³/mol. The van der Waals surface area contributed by atoms with Crippen LogP contribution in [0.4, 0.5) is 5.69 Å². The van der Waals surface area contributed by atoms with Gasteiger partial charge in [-0.15, -0.1) is 0 Å². The van der Waals surface area contributed by atoms with E-state index in [2.05, 4.69) is 10.6 Å². The summed E-state index contributed by atoms with van der Waals surface area (Å²) in [4.78, 5) is 10.9. The lowest BCUT2D eigenvalue weighted by atomic mass is 10.2. The van der Waals surface area contributed by atoms with Gasteiger partial charge in [-0.2, -0.15) is 5.26 Å². The molecule has 0 fully saturated rings. The third-order valence-corrected chi connectivity index (χ3v) is 2.08. The van der Waals surface area contributed by atoms with E-state index in [0.717, 1.165) is 11.4 Å². The molecule has 4 nitrogen and oxygen atoms in total. The number of nitrogens with one attached hydrogen (secondary N) is 2. The number of benzene rings is 1. The molecule has 0 bridgehead atoms. The van der Waals surface area contributed by atoms with E-state index in [1.54, 1.807) is 12.1 Å². The van der Waals surface area contributed by atoms with E-state index in [1.807, 2.05) is 18.2 Å². The van der Waals surface area contributed by atoms with Crippen molar-refractivity contribution in [3.63, 3.8) is 0 Å². The van der Waals surface area contributed by atoms with Crippen LogP contribution >= 0.6 is 0 Å². The second-order valence-corrected chi connectivity index (χ2v) is 3.20. The van der Waals surface area contributed by atoms with Gasteiger partial charge in [-0.1, -0.05) is 0 Å². The van der Waals surface area contributed by atoms with Gasteiger partial charge in [-0.3, -0.25) is 4.79 Å². The van der Waals surface area contributed by atoms with Crippen LogP contribution in [0.5, 0.6) is 0 Å². The Morgan fingerprint density at radius 3 is 2.60 bits per heavy atom. The third kappa shape index (κ3) is 2.15. The number of nitriles is 1. The molecule has 2 rings (SSSR count). The van der Waals surface area contributed by atoms with Crippen molar-refractivity contribution in [2.45, 2.75) is 0 Å². The molecular weight excluding hydrogens is 190 g/mol. The molecule has 15 heavy (non-hydrogen) atoms. The highest BCUT2D eigenvalue weighted by Gasteiger charge is 2.09. The summed E-state index contributed by atoms with van der Waals surface area (Å²) in [7, 11) is 0. The van der Waals surface area contributed by atoms with Gasteiger partial charge in [-0.25, -0.2) is 0 Å². The van der Waals surface area contributed by atoms with Gasteiger partial charge >= 0.3 is 0 Å². The van der Waals surface area contributed by atoms with E-state index in [1.165, 1.54) is 6.08 Å². The lowest BCUT2D eigenvalue weighted by molar-refractivity contribution is -0.115. The Bertz CT molecular complexity index is 454. The molecule has 1 amide bonds. The van der Waals surface area contributed by atoms with Crippen LogP contribution in [-0.4, -0.2) is 12.5 Å². The van der Waals surface area contributed by atoms with E-state index in [0.29, 0.717) is 12.1 Å². The quantitative estimate of drug-likeness (QED) is 0.746. The minimum atomic E-state index is -0.0776. The molecule has 0 atom stereocenters. The lowest BCUT2D eigenvalue weighted by Gasteiger charge is -2.05. The number of carbonyl (C=O) groups excluding carboxylic acids is 1. The summed E-state index contributed by atoms with van der Waals surface area (Å²) in [5, 5.41) is 14.4. The van der Waals surface area contributed by atoms with Crippen LogP contribution in [0.1, 0.15) is 5.56 Å². The van der Waals surface area contributed by atoms with Gasteiger partial charge in [0.25, 0.3) is 0 Å². The fourth-order valence-electron chi connectivity index (χ4n) is 1.34. The van der Waals surface area contributed by atoms with Gasteiger partial charge in [0.2, 0.25) is 5.91 Å². The summed E-state index contributed by atoms with van der Waals surface area (Å²) in [5.74, 6) is -0.0776. The standard InChI is InChI=1S/C11H9N3O/c12-6-8-1-3-9(4-2-8)14-10-5-11(15)13-7-10/h1-5,14H,7H2,(H,13,15). The molecule has 0 aliphatic carbocycles. The SMILES string of the molecule is N#Cc1ccc(NC2=CC(=O)NC2)cc1. The van der Waals surface area contributed by atoms with Crippen LogP contribution in [0.3, 0.4) is 0 Å². The lowest BCUT2D eigenvalue weighted by Crippen LogP contribution is -2.16. The molecule has 1 aromatic carbocycles. The second-order valence-electron chi connectivity index (χ2n) is 3.20. The highest BCUT2D eigenvalue weighted by Crippen LogP contribution is 2.12. The number of amides is 1. The normalized spacial score (nSPS) is 14.1. The largest absolute Gasteiger partial charge is 0.357 e. The van der Waals surface area contributed by atoms with Crippen LogP contribution in [0, 0.1) is 11.3 Å². The molecule has 0 saturated carbocycles. The molecule has 2 N–H and O–H groups in total. The minimum Gasteiger partial charge on any atom is -0.357 e. The average molecular weight is 199 g/mol. The summed E-state index contributed by atoms with van der Waals surface area (Å²) in [6, 6.07) is 9.12. The Morgan fingerprint density at radius 1 is 1.33 bits per heavy atom. The number of nitrogens with zero attached hydrogens (tertiary/aromatic N) is 1. The molecule has 0 spiro atoms. The maximum atomic E-state index is 10.9. The Hall–Kier alpha value is -2.28. The van der Waals surface area contributed by atoms with E-state index in [9.17, 15) is 4.79 Å². The Morgan fingerprint density at radius 2 is 2.07 bits per heavy atom. The Balaban J connectivity index is 2.09. The first-order valence-electron chi connectivity index (χ1n) is 4.53. The minimum absolute atomic E-state index is 0.0776. The predicted octanol–water partition coefficient (Wildman–Crippen LogP) is 0.984. The summed E-state index contributed by atoms with van der Waals surface area (Å²) >= 11 is 0. The molecule has 0 radical (unpaired) electrons. The van der Waals surface area contributed by atoms with Crippen molar-refractivity contribution in [1.29, 1.82) is 5.26 Å². The summed E-state index contributed by atoms with van der Waals surface area (Å²) in [6.45, 7) is 0.527. The number of hydrogen-bond donors (Lipinski definition) is 2. The number of anilines is 1. The van der Waals surface area contributed by atoms with Crippen LogP contribution in [0.25, 0.3) is 0 Å². The third-order valence-electron chi connectivity index (χ3n) is 2.08. The zero-order chi connectivity index (χ0) is 10.7. The summed E-state index contributed by atoms with van der Waals surface area (Å²) < 4.78 is 0. The van der Waals surface area contributed by atoms with E-state index < -0.39 is 0 Å². The van der Waals surface area contributed by atoms with Gasteiger partial charge in [0, 0.05) is 17.5 Å². The maximum Gasteiger partial charge on any atom is 0.246 e. The molecule has 1 aliphatic heterocycles. The molecular formula is C11H9N3O. The number of rotatable bonds is 2. The molecule has 0 unspecified atom stereocenters. The molecule has 0 aromatic heterocycles. The van der Waals surface area contributed by atoms with Crippen molar-refractivity contribution < 1.29 is 4.79 Å². The van der Waals surface area contributed by atoms with Crippen molar-refractivity contribution in [2.75, 3.05) is 11.9 Å². The van der Waals surface area contributed by atoms with Crippen LogP contribution in [0.2, 0.25) is 0 Å². The number of hydrogen-bond acceptors (Lipinski definition) is 3. The van der Waals surface area contributed by atoms with Crippen molar-refractivity contribution in [1.82, 2.24) is 5.32 Å². The molecule has 1 heterocycles. The molecule has 4 heteroatoms. The topological polar surface area (TPSA) is 64.9 Å². The zero-order valence-electron chi connectivity index (χ0n) is 7.95.